The highest BCUT2D eigenvalue weighted by Gasteiger charge is 2.37. The molecular weight excluding hydrogens is 246 g/mol. The Hall–Kier alpha value is -1.10. The fraction of sp³-hybridized carbons (Fsp3) is 0.857. The summed E-state index contributed by atoms with van der Waals surface area (Å²) < 4.78 is 5.05. The molecule has 1 N–H and O–H groups in total. The molecule has 1 saturated heterocycles. The van der Waals surface area contributed by atoms with Crippen molar-refractivity contribution >= 4 is 11.9 Å². The van der Waals surface area contributed by atoms with Gasteiger partial charge in [-0.15, -0.1) is 0 Å². The van der Waals surface area contributed by atoms with Crippen LogP contribution < -0.4 is 0 Å². The van der Waals surface area contributed by atoms with Crippen LogP contribution in [-0.2, 0) is 14.3 Å². The van der Waals surface area contributed by atoms with E-state index in [1.165, 1.54) is 0 Å². The molecule has 0 aliphatic carbocycles. The first-order chi connectivity index (χ1) is 8.94. The summed E-state index contributed by atoms with van der Waals surface area (Å²) in [7, 11) is 0. The van der Waals surface area contributed by atoms with Gasteiger partial charge in [0.2, 0.25) is 5.91 Å². The van der Waals surface area contributed by atoms with Crippen LogP contribution in [0.4, 0.5) is 0 Å². The molecule has 2 atom stereocenters. The fourth-order valence-corrected chi connectivity index (χ4v) is 2.58. The standard InChI is InChI=1S/C14H25NO4/c1-4-14(3,13(18)19-9-8-16)10-11(2)15-7-5-6-12(15)17/h11,16H,4-10H2,1-3H3. The topological polar surface area (TPSA) is 66.8 Å². The summed E-state index contributed by atoms with van der Waals surface area (Å²) in [5.74, 6) is -0.114. The minimum atomic E-state index is -0.600. The molecule has 1 amide bonds. The summed E-state index contributed by atoms with van der Waals surface area (Å²) in [6, 6.07) is 0.0432. The van der Waals surface area contributed by atoms with E-state index in [2.05, 4.69) is 0 Å². The molecule has 1 aliphatic heterocycles. The number of amides is 1. The van der Waals surface area contributed by atoms with Gasteiger partial charge in [-0.3, -0.25) is 9.59 Å². The van der Waals surface area contributed by atoms with E-state index in [4.69, 9.17) is 9.84 Å². The molecule has 1 aliphatic rings. The Bertz CT molecular complexity index is 331. The number of aliphatic hydroxyl groups excluding tert-OH is 1. The van der Waals surface area contributed by atoms with Crippen molar-refractivity contribution in [2.24, 2.45) is 5.41 Å². The first-order valence-electron chi connectivity index (χ1n) is 7.02. The Kier molecular flexibility index (Phi) is 5.79. The van der Waals surface area contributed by atoms with Gasteiger partial charge >= 0.3 is 5.97 Å². The highest BCUT2D eigenvalue weighted by atomic mass is 16.5. The zero-order valence-corrected chi connectivity index (χ0v) is 12.1. The van der Waals surface area contributed by atoms with Crippen molar-refractivity contribution in [3.63, 3.8) is 0 Å². The fourth-order valence-electron chi connectivity index (χ4n) is 2.58. The lowest BCUT2D eigenvalue weighted by Gasteiger charge is -2.33. The highest BCUT2D eigenvalue weighted by Crippen LogP contribution is 2.32. The predicted molar refractivity (Wildman–Crippen MR) is 71.5 cm³/mol. The number of esters is 1. The average molecular weight is 271 g/mol. The second-order valence-corrected chi connectivity index (χ2v) is 5.52. The molecule has 0 spiro atoms. The van der Waals surface area contributed by atoms with Crippen molar-refractivity contribution < 1.29 is 19.4 Å². The van der Waals surface area contributed by atoms with E-state index >= 15 is 0 Å². The average Bonchev–Trinajstić information content (AvgIpc) is 2.81. The third-order valence-corrected chi connectivity index (χ3v) is 3.99. The van der Waals surface area contributed by atoms with E-state index < -0.39 is 5.41 Å². The van der Waals surface area contributed by atoms with Crippen LogP contribution in [0.5, 0.6) is 0 Å². The molecule has 110 valence electrons. The number of aliphatic hydroxyl groups is 1. The molecule has 0 radical (unpaired) electrons. The Morgan fingerprint density at radius 1 is 1.58 bits per heavy atom. The van der Waals surface area contributed by atoms with Gasteiger partial charge in [0.15, 0.2) is 0 Å². The van der Waals surface area contributed by atoms with Gasteiger partial charge in [-0.1, -0.05) is 6.92 Å². The molecule has 0 aromatic rings. The van der Waals surface area contributed by atoms with Gasteiger partial charge in [-0.25, -0.2) is 0 Å². The molecule has 0 aromatic carbocycles. The maximum atomic E-state index is 12.1. The zero-order valence-electron chi connectivity index (χ0n) is 12.1. The van der Waals surface area contributed by atoms with E-state index in [1.807, 2.05) is 25.7 Å². The largest absolute Gasteiger partial charge is 0.463 e. The van der Waals surface area contributed by atoms with E-state index in [0.29, 0.717) is 19.3 Å². The maximum absolute atomic E-state index is 12.1. The van der Waals surface area contributed by atoms with Crippen LogP contribution in [0.15, 0.2) is 0 Å². The number of hydrogen-bond acceptors (Lipinski definition) is 4. The lowest BCUT2D eigenvalue weighted by molar-refractivity contribution is -0.158. The molecule has 2 unspecified atom stereocenters. The van der Waals surface area contributed by atoms with Gasteiger partial charge in [0, 0.05) is 19.0 Å². The van der Waals surface area contributed by atoms with Crippen LogP contribution in [0.2, 0.25) is 0 Å². The van der Waals surface area contributed by atoms with Crippen molar-refractivity contribution in [2.75, 3.05) is 19.8 Å². The number of carbonyl (C=O) groups is 2. The summed E-state index contributed by atoms with van der Waals surface area (Å²) in [4.78, 5) is 25.6. The monoisotopic (exact) mass is 271 g/mol. The second kappa shape index (κ2) is 6.89. The Morgan fingerprint density at radius 3 is 2.74 bits per heavy atom. The van der Waals surface area contributed by atoms with Crippen LogP contribution in [0.1, 0.15) is 46.5 Å². The SMILES string of the molecule is CCC(C)(CC(C)N1CCCC1=O)C(=O)OCCO. The van der Waals surface area contributed by atoms with E-state index in [0.717, 1.165) is 13.0 Å². The number of hydrogen-bond donors (Lipinski definition) is 1. The van der Waals surface area contributed by atoms with E-state index in [1.54, 1.807) is 0 Å². The normalized spacial score (nSPS) is 20.2. The summed E-state index contributed by atoms with van der Waals surface area (Å²) in [5.41, 5.74) is -0.600. The Morgan fingerprint density at radius 2 is 2.26 bits per heavy atom. The predicted octanol–water partition coefficient (Wildman–Crippen LogP) is 1.34. The van der Waals surface area contributed by atoms with Gasteiger partial charge in [0.1, 0.15) is 6.61 Å². The van der Waals surface area contributed by atoms with Gasteiger partial charge in [0.05, 0.1) is 12.0 Å². The number of carbonyl (C=O) groups excluding carboxylic acids is 2. The van der Waals surface area contributed by atoms with Gasteiger partial charge in [0.25, 0.3) is 0 Å². The lowest BCUT2D eigenvalue weighted by atomic mass is 9.81. The van der Waals surface area contributed by atoms with Crippen LogP contribution in [-0.4, -0.2) is 47.7 Å². The lowest BCUT2D eigenvalue weighted by Crippen LogP contribution is -2.41. The molecule has 0 aromatic heterocycles. The third-order valence-electron chi connectivity index (χ3n) is 3.99. The molecule has 5 nitrogen and oxygen atoms in total. The zero-order chi connectivity index (χ0) is 14.5. The van der Waals surface area contributed by atoms with Gasteiger partial charge in [-0.2, -0.15) is 0 Å². The quantitative estimate of drug-likeness (QED) is 0.710. The minimum absolute atomic E-state index is 0.0332. The molecule has 19 heavy (non-hydrogen) atoms. The number of ether oxygens (including phenoxy) is 1. The van der Waals surface area contributed by atoms with Crippen molar-refractivity contribution in [1.82, 2.24) is 4.90 Å². The summed E-state index contributed by atoms with van der Waals surface area (Å²) in [6.07, 6.45) is 2.77. The van der Waals surface area contributed by atoms with Crippen molar-refractivity contribution in [3.05, 3.63) is 0 Å². The van der Waals surface area contributed by atoms with Crippen molar-refractivity contribution in [1.29, 1.82) is 0 Å². The van der Waals surface area contributed by atoms with Crippen LogP contribution >= 0.6 is 0 Å². The first-order valence-corrected chi connectivity index (χ1v) is 7.02. The molecule has 0 saturated carbocycles. The summed E-state index contributed by atoms with van der Waals surface area (Å²) >= 11 is 0. The molecule has 5 heteroatoms. The number of rotatable bonds is 7. The summed E-state index contributed by atoms with van der Waals surface area (Å²) in [6.45, 7) is 6.45. The third kappa shape index (κ3) is 3.93. The number of nitrogens with zero attached hydrogens (tertiary/aromatic N) is 1. The molecule has 1 fully saturated rings. The molecular formula is C14H25NO4. The van der Waals surface area contributed by atoms with Crippen molar-refractivity contribution in [3.8, 4) is 0 Å². The highest BCUT2D eigenvalue weighted by molar-refractivity contribution is 5.79. The summed E-state index contributed by atoms with van der Waals surface area (Å²) in [5, 5.41) is 8.71. The van der Waals surface area contributed by atoms with Gasteiger partial charge < -0.3 is 14.7 Å². The molecule has 0 bridgehead atoms. The maximum Gasteiger partial charge on any atom is 0.311 e. The first kappa shape index (κ1) is 16.0. The Balaban J connectivity index is 2.63. The van der Waals surface area contributed by atoms with Gasteiger partial charge in [-0.05, 0) is 33.1 Å². The second-order valence-electron chi connectivity index (χ2n) is 5.52. The molecule has 1 heterocycles. The minimum Gasteiger partial charge on any atom is -0.463 e. The molecule has 1 rings (SSSR count). The van der Waals surface area contributed by atoms with E-state index in [-0.39, 0.29) is 31.1 Å². The van der Waals surface area contributed by atoms with E-state index in [9.17, 15) is 9.59 Å². The van der Waals surface area contributed by atoms with Crippen LogP contribution in [0.25, 0.3) is 0 Å². The Labute approximate surface area is 114 Å². The smallest absolute Gasteiger partial charge is 0.311 e. The van der Waals surface area contributed by atoms with Crippen LogP contribution in [0.3, 0.4) is 0 Å². The van der Waals surface area contributed by atoms with Crippen molar-refractivity contribution in [2.45, 2.75) is 52.5 Å². The van der Waals surface area contributed by atoms with Crippen LogP contribution in [0, 0.1) is 5.41 Å². The number of likely N-dealkylation sites (tertiary alicyclic amines) is 1.